The first-order chi connectivity index (χ1) is 19.1. The molecule has 5 rings (SSSR count). The van der Waals surface area contributed by atoms with Crippen molar-refractivity contribution in [3.63, 3.8) is 0 Å². The van der Waals surface area contributed by atoms with E-state index in [9.17, 15) is 24.0 Å². The molecule has 1 aromatic heterocycles. The zero-order valence-electron chi connectivity index (χ0n) is 20.7. The summed E-state index contributed by atoms with van der Waals surface area (Å²) in [6.45, 7) is -0.553. The van der Waals surface area contributed by atoms with E-state index in [0.717, 1.165) is 10.0 Å². The SMILES string of the molecule is O=C(CN(C(=O)c1ccc(Cl)cc1)N1C(=O)[C@H]2C[C@@H](Br)[C@@H](Br)C[C@H]2C1=O)c1ccc(OC(=O)c2cccs2)cc1. The minimum absolute atomic E-state index is 0.0140. The molecule has 206 valence electrons. The first kappa shape index (κ1) is 28.7. The number of ether oxygens (including phenoxy) is 1. The summed E-state index contributed by atoms with van der Waals surface area (Å²) in [4.78, 5) is 66.6. The normalized spacial score (nSPS) is 22.1. The molecule has 0 radical (unpaired) electrons. The lowest BCUT2D eigenvalue weighted by Gasteiger charge is -2.30. The highest BCUT2D eigenvalue weighted by molar-refractivity contribution is 9.12. The Hall–Kier alpha value is -2.86. The molecule has 2 heterocycles. The fraction of sp³-hybridized carbons (Fsp3) is 0.250. The van der Waals surface area contributed by atoms with E-state index in [-0.39, 0.29) is 26.5 Å². The molecule has 12 heteroatoms. The number of nitrogens with zero attached hydrogens (tertiary/aromatic N) is 2. The lowest BCUT2D eigenvalue weighted by molar-refractivity contribution is -0.154. The Labute approximate surface area is 255 Å². The van der Waals surface area contributed by atoms with E-state index in [0.29, 0.717) is 22.7 Å². The summed E-state index contributed by atoms with van der Waals surface area (Å²) < 4.78 is 5.34. The molecule has 0 bridgehead atoms. The minimum atomic E-state index is -0.683. The molecule has 3 amide bonds. The number of ketones is 1. The molecule has 1 saturated heterocycles. The Balaban J connectivity index is 1.39. The molecular weight excluding hydrogens is 688 g/mol. The molecule has 2 aromatic carbocycles. The summed E-state index contributed by atoms with van der Waals surface area (Å²) in [6, 6.07) is 15.2. The highest BCUT2D eigenvalue weighted by Crippen LogP contribution is 2.43. The largest absolute Gasteiger partial charge is 0.422 e. The van der Waals surface area contributed by atoms with Crippen LogP contribution in [0.2, 0.25) is 5.02 Å². The van der Waals surface area contributed by atoms with Crippen LogP contribution in [0.5, 0.6) is 5.75 Å². The molecule has 0 N–H and O–H groups in total. The van der Waals surface area contributed by atoms with Crippen LogP contribution in [-0.4, -0.2) is 55.7 Å². The van der Waals surface area contributed by atoms with Crippen molar-refractivity contribution in [2.24, 2.45) is 11.8 Å². The molecule has 1 aliphatic carbocycles. The lowest BCUT2D eigenvalue weighted by atomic mass is 9.81. The van der Waals surface area contributed by atoms with Crippen LogP contribution in [-0.2, 0) is 9.59 Å². The van der Waals surface area contributed by atoms with Crippen molar-refractivity contribution in [1.82, 2.24) is 10.0 Å². The van der Waals surface area contributed by atoms with Crippen LogP contribution in [0.3, 0.4) is 0 Å². The van der Waals surface area contributed by atoms with Gasteiger partial charge in [-0.05, 0) is 72.8 Å². The molecule has 8 nitrogen and oxygen atoms in total. The van der Waals surface area contributed by atoms with Gasteiger partial charge in [-0.3, -0.25) is 19.2 Å². The van der Waals surface area contributed by atoms with Crippen LogP contribution in [0.25, 0.3) is 0 Å². The number of hydrazine groups is 1. The maximum Gasteiger partial charge on any atom is 0.353 e. The number of amides is 3. The van der Waals surface area contributed by atoms with Gasteiger partial charge in [0.05, 0.1) is 11.8 Å². The number of esters is 1. The summed E-state index contributed by atoms with van der Waals surface area (Å²) in [5.74, 6) is -3.68. The van der Waals surface area contributed by atoms with Gasteiger partial charge in [-0.2, -0.15) is 5.01 Å². The van der Waals surface area contributed by atoms with Gasteiger partial charge in [-0.15, -0.1) is 11.3 Å². The van der Waals surface area contributed by atoms with Gasteiger partial charge in [0.1, 0.15) is 17.2 Å². The average molecular weight is 709 g/mol. The smallest absolute Gasteiger partial charge is 0.353 e. The molecule has 2 fully saturated rings. The van der Waals surface area contributed by atoms with Gasteiger partial charge in [0.15, 0.2) is 5.78 Å². The predicted molar refractivity (Wildman–Crippen MR) is 156 cm³/mol. The van der Waals surface area contributed by atoms with E-state index in [1.807, 2.05) is 0 Å². The highest BCUT2D eigenvalue weighted by Gasteiger charge is 2.54. The van der Waals surface area contributed by atoms with E-state index >= 15 is 0 Å². The molecule has 0 unspecified atom stereocenters. The van der Waals surface area contributed by atoms with Crippen LogP contribution in [0.1, 0.15) is 43.2 Å². The van der Waals surface area contributed by atoms with Gasteiger partial charge in [-0.25, -0.2) is 9.80 Å². The molecule has 0 spiro atoms. The molecule has 4 atom stereocenters. The van der Waals surface area contributed by atoms with Gasteiger partial charge in [-0.1, -0.05) is 49.5 Å². The number of carbonyl (C=O) groups is 5. The zero-order chi connectivity index (χ0) is 28.6. The number of benzene rings is 2. The third-order valence-corrected chi connectivity index (χ3v) is 10.7. The van der Waals surface area contributed by atoms with E-state index in [1.165, 1.54) is 59.9 Å². The first-order valence-corrected chi connectivity index (χ1v) is 15.3. The Morgan fingerprint density at radius 2 is 1.48 bits per heavy atom. The third kappa shape index (κ3) is 5.79. The number of carbonyl (C=O) groups excluding carboxylic acids is 5. The van der Waals surface area contributed by atoms with Gasteiger partial charge in [0.25, 0.3) is 17.7 Å². The van der Waals surface area contributed by atoms with Crippen LogP contribution in [0, 0.1) is 11.8 Å². The Kier molecular flexibility index (Phi) is 8.55. The molecular formula is C28H21Br2ClN2O6S. The van der Waals surface area contributed by atoms with Gasteiger partial charge in [0, 0.05) is 25.8 Å². The Morgan fingerprint density at radius 1 is 0.900 bits per heavy atom. The van der Waals surface area contributed by atoms with Crippen molar-refractivity contribution in [2.75, 3.05) is 6.54 Å². The maximum atomic E-state index is 13.6. The summed E-state index contributed by atoms with van der Waals surface area (Å²) in [7, 11) is 0. The van der Waals surface area contributed by atoms with Crippen molar-refractivity contribution in [1.29, 1.82) is 0 Å². The second kappa shape index (κ2) is 11.9. The number of hydrogen-bond donors (Lipinski definition) is 0. The number of halogens is 3. The number of rotatable bonds is 7. The van der Waals surface area contributed by atoms with Crippen LogP contribution in [0.15, 0.2) is 66.0 Å². The van der Waals surface area contributed by atoms with Crippen LogP contribution >= 0.6 is 54.8 Å². The number of Topliss-reactive ketones (excluding diaryl/α,β-unsaturated/α-hetero) is 1. The summed E-state index contributed by atoms with van der Waals surface area (Å²) in [6.07, 6.45) is 0.842. The Bertz CT molecular complexity index is 1440. The van der Waals surface area contributed by atoms with Crippen molar-refractivity contribution in [2.45, 2.75) is 22.5 Å². The third-order valence-electron chi connectivity index (χ3n) is 6.86. The second-order valence-corrected chi connectivity index (χ2v) is 13.1. The fourth-order valence-electron chi connectivity index (χ4n) is 4.78. The standard InChI is InChI=1S/C28H21Br2ClN2O6S/c29-21-12-19-20(13-22(21)30)27(37)33(26(19)36)32(25(35)16-3-7-17(31)8-4-16)14-23(34)15-5-9-18(10-6-15)39-28(38)24-2-1-11-40-24/h1-11,19-22H,12-14H2/t19-,20+,21+,22-. The zero-order valence-corrected chi connectivity index (χ0v) is 25.4. The van der Waals surface area contributed by atoms with Crippen LogP contribution in [0.4, 0.5) is 0 Å². The fourth-order valence-corrected chi connectivity index (χ4v) is 6.74. The number of imide groups is 1. The number of fused-ring (bicyclic) bond motifs is 1. The number of alkyl halides is 2. The van der Waals surface area contributed by atoms with Gasteiger partial charge < -0.3 is 4.74 Å². The predicted octanol–water partition coefficient (Wildman–Crippen LogP) is 5.78. The summed E-state index contributed by atoms with van der Waals surface area (Å²) in [5, 5.41) is 3.93. The monoisotopic (exact) mass is 706 g/mol. The minimum Gasteiger partial charge on any atom is -0.422 e. The molecule has 1 aliphatic heterocycles. The average Bonchev–Trinajstić information content (AvgIpc) is 3.56. The second-order valence-electron chi connectivity index (χ2n) is 9.39. The lowest BCUT2D eigenvalue weighted by Crippen LogP contribution is -2.52. The Morgan fingerprint density at radius 3 is 2.02 bits per heavy atom. The van der Waals surface area contributed by atoms with Gasteiger partial charge in [0.2, 0.25) is 0 Å². The quantitative estimate of drug-likeness (QED) is 0.101. The van der Waals surface area contributed by atoms with Gasteiger partial charge >= 0.3 is 5.97 Å². The topological polar surface area (TPSA) is 101 Å². The first-order valence-electron chi connectivity index (χ1n) is 12.3. The molecule has 1 saturated carbocycles. The van der Waals surface area contributed by atoms with E-state index in [2.05, 4.69) is 31.9 Å². The molecule has 2 aliphatic rings. The summed E-state index contributed by atoms with van der Waals surface area (Å²) >= 11 is 14.4. The van der Waals surface area contributed by atoms with Crippen molar-refractivity contribution in [3.8, 4) is 5.75 Å². The van der Waals surface area contributed by atoms with Crippen LogP contribution < -0.4 is 4.74 Å². The van der Waals surface area contributed by atoms with E-state index in [1.54, 1.807) is 17.5 Å². The summed E-state index contributed by atoms with van der Waals surface area (Å²) in [5.41, 5.74) is 0.377. The van der Waals surface area contributed by atoms with Crippen molar-refractivity contribution in [3.05, 3.63) is 87.1 Å². The highest BCUT2D eigenvalue weighted by atomic mass is 79.9. The number of hydrogen-bond acceptors (Lipinski definition) is 7. The number of thiophene rings is 1. The molecule has 40 heavy (non-hydrogen) atoms. The van der Waals surface area contributed by atoms with E-state index < -0.39 is 47.9 Å². The van der Waals surface area contributed by atoms with E-state index in [4.69, 9.17) is 16.3 Å². The van der Waals surface area contributed by atoms with Crippen molar-refractivity contribution < 1.29 is 28.7 Å². The maximum absolute atomic E-state index is 13.6. The van der Waals surface area contributed by atoms with Crippen molar-refractivity contribution >= 4 is 84.3 Å². The molecule has 3 aromatic rings.